The fourth-order valence-electron chi connectivity index (χ4n) is 4.07. The van der Waals surface area contributed by atoms with E-state index in [9.17, 15) is 9.59 Å². The molecule has 3 amide bonds. The molecular weight excluding hydrogens is 492 g/mol. The SMILES string of the molecule is CC(C)Oc1ccc(NC(=O)N2CCN(c3ncnc(N)c3C=NOCC(=O)N3CCOCC3)CC2)cc1. The van der Waals surface area contributed by atoms with E-state index in [2.05, 4.69) is 20.4 Å². The van der Waals surface area contributed by atoms with Gasteiger partial charge < -0.3 is 40.1 Å². The van der Waals surface area contributed by atoms with E-state index in [1.54, 1.807) is 9.80 Å². The number of ether oxygens (including phenoxy) is 2. The number of nitrogens with two attached hydrogens (primary N) is 1. The van der Waals surface area contributed by atoms with Crippen LogP contribution in [-0.2, 0) is 14.4 Å². The van der Waals surface area contributed by atoms with Crippen LogP contribution in [0.3, 0.4) is 0 Å². The number of morpholine rings is 1. The van der Waals surface area contributed by atoms with Gasteiger partial charge in [0, 0.05) is 45.0 Å². The lowest BCUT2D eigenvalue weighted by Gasteiger charge is -2.35. The number of carbonyl (C=O) groups excluding carboxylic acids is 2. The Morgan fingerprint density at radius 1 is 1.08 bits per heavy atom. The fourth-order valence-corrected chi connectivity index (χ4v) is 4.07. The number of nitrogens with one attached hydrogen (secondary N) is 1. The van der Waals surface area contributed by atoms with Crippen molar-refractivity contribution in [1.29, 1.82) is 0 Å². The lowest BCUT2D eigenvalue weighted by atomic mass is 10.2. The van der Waals surface area contributed by atoms with Crippen LogP contribution in [0, 0.1) is 0 Å². The molecule has 204 valence electrons. The summed E-state index contributed by atoms with van der Waals surface area (Å²) in [5, 5.41) is 6.86. The van der Waals surface area contributed by atoms with Crippen LogP contribution in [0.2, 0.25) is 0 Å². The third-order valence-electron chi connectivity index (χ3n) is 6.05. The molecule has 13 nitrogen and oxygen atoms in total. The number of urea groups is 1. The number of oxime groups is 1. The second-order valence-corrected chi connectivity index (χ2v) is 9.09. The lowest BCUT2D eigenvalue weighted by molar-refractivity contribution is -0.140. The molecule has 4 rings (SSSR count). The molecule has 0 atom stereocenters. The third kappa shape index (κ3) is 7.22. The van der Waals surface area contributed by atoms with Gasteiger partial charge in [0.15, 0.2) is 6.61 Å². The summed E-state index contributed by atoms with van der Waals surface area (Å²) >= 11 is 0. The fraction of sp³-hybridized carbons (Fsp3) is 0.480. The molecule has 38 heavy (non-hydrogen) atoms. The second kappa shape index (κ2) is 12.9. The Kier molecular flexibility index (Phi) is 9.14. The highest BCUT2D eigenvalue weighted by Crippen LogP contribution is 2.22. The molecule has 3 N–H and O–H groups in total. The zero-order valence-electron chi connectivity index (χ0n) is 21.7. The average Bonchev–Trinajstić information content (AvgIpc) is 2.93. The molecule has 2 aliphatic rings. The zero-order valence-corrected chi connectivity index (χ0v) is 21.7. The number of aromatic nitrogens is 2. The minimum absolute atomic E-state index is 0.0841. The number of anilines is 3. The van der Waals surface area contributed by atoms with Crippen molar-refractivity contribution in [2.24, 2.45) is 5.16 Å². The van der Waals surface area contributed by atoms with Crippen LogP contribution in [0.1, 0.15) is 19.4 Å². The molecule has 13 heteroatoms. The Balaban J connectivity index is 1.29. The number of carbonyl (C=O) groups is 2. The van der Waals surface area contributed by atoms with Crippen molar-refractivity contribution >= 4 is 35.5 Å². The first kappa shape index (κ1) is 26.9. The Morgan fingerprint density at radius 2 is 1.79 bits per heavy atom. The van der Waals surface area contributed by atoms with E-state index in [1.165, 1.54) is 12.5 Å². The number of hydrogen-bond acceptors (Lipinski definition) is 10. The summed E-state index contributed by atoms with van der Waals surface area (Å²) < 4.78 is 10.9. The average molecular weight is 527 g/mol. The molecule has 0 bridgehead atoms. The molecule has 2 fully saturated rings. The van der Waals surface area contributed by atoms with Crippen LogP contribution in [0.5, 0.6) is 5.75 Å². The van der Waals surface area contributed by atoms with Crippen molar-refractivity contribution in [3.8, 4) is 5.75 Å². The van der Waals surface area contributed by atoms with Gasteiger partial charge in [-0.15, -0.1) is 0 Å². The quantitative estimate of drug-likeness (QED) is 0.385. The van der Waals surface area contributed by atoms with Gasteiger partial charge in [-0.3, -0.25) is 4.79 Å². The number of benzene rings is 1. The van der Waals surface area contributed by atoms with Gasteiger partial charge in [0.25, 0.3) is 5.91 Å². The third-order valence-corrected chi connectivity index (χ3v) is 6.05. The maximum absolute atomic E-state index is 12.8. The van der Waals surface area contributed by atoms with E-state index in [-0.39, 0.29) is 30.5 Å². The van der Waals surface area contributed by atoms with Gasteiger partial charge in [-0.2, -0.15) is 0 Å². The maximum Gasteiger partial charge on any atom is 0.321 e. The maximum atomic E-state index is 12.8. The molecule has 0 aliphatic carbocycles. The molecule has 2 saturated heterocycles. The van der Waals surface area contributed by atoms with Crippen molar-refractivity contribution in [1.82, 2.24) is 19.8 Å². The molecule has 0 spiro atoms. The second-order valence-electron chi connectivity index (χ2n) is 9.09. The Morgan fingerprint density at radius 3 is 2.47 bits per heavy atom. The summed E-state index contributed by atoms with van der Waals surface area (Å²) in [7, 11) is 0. The summed E-state index contributed by atoms with van der Waals surface area (Å²) in [6, 6.07) is 7.12. The monoisotopic (exact) mass is 526 g/mol. The van der Waals surface area contributed by atoms with Gasteiger partial charge in [-0.05, 0) is 38.1 Å². The minimum atomic E-state index is -0.180. The largest absolute Gasteiger partial charge is 0.491 e. The van der Waals surface area contributed by atoms with Gasteiger partial charge >= 0.3 is 6.03 Å². The van der Waals surface area contributed by atoms with Crippen LogP contribution in [-0.4, -0.2) is 103 Å². The van der Waals surface area contributed by atoms with Crippen LogP contribution in [0.4, 0.5) is 22.1 Å². The van der Waals surface area contributed by atoms with Crippen molar-refractivity contribution in [2.75, 3.05) is 75.0 Å². The molecule has 0 radical (unpaired) electrons. The van der Waals surface area contributed by atoms with Gasteiger partial charge in [0.1, 0.15) is 23.7 Å². The number of nitrogen functional groups attached to an aromatic ring is 1. The van der Waals surface area contributed by atoms with Crippen LogP contribution in [0.15, 0.2) is 35.7 Å². The van der Waals surface area contributed by atoms with E-state index in [4.69, 9.17) is 20.0 Å². The van der Waals surface area contributed by atoms with E-state index < -0.39 is 0 Å². The summed E-state index contributed by atoms with van der Waals surface area (Å²) in [4.78, 5) is 44.1. The summed E-state index contributed by atoms with van der Waals surface area (Å²) in [6.07, 6.45) is 2.89. The van der Waals surface area contributed by atoms with Crippen LogP contribution >= 0.6 is 0 Å². The molecular formula is C25H34N8O5. The van der Waals surface area contributed by atoms with Crippen molar-refractivity contribution in [2.45, 2.75) is 20.0 Å². The highest BCUT2D eigenvalue weighted by molar-refractivity contribution is 5.92. The van der Waals surface area contributed by atoms with Gasteiger partial charge in [-0.1, -0.05) is 5.16 Å². The molecule has 0 saturated carbocycles. The van der Waals surface area contributed by atoms with Crippen LogP contribution < -0.4 is 20.7 Å². The van der Waals surface area contributed by atoms with Crippen LogP contribution in [0.25, 0.3) is 0 Å². The van der Waals surface area contributed by atoms with Gasteiger partial charge in [0.05, 0.1) is 31.1 Å². The molecule has 0 unspecified atom stereocenters. The normalized spacial score (nSPS) is 16.1. The van der Waals surface area contributed by atoms with Gasteiger partial charge in [0.2, 0.25) is 0 Å². The summed E-state index contributed by atoms with van der Waals surface area (Å²) in [5.74, 6) is 1.43. The van der Waals surface area contributed by atoms with Gasteiger partial charge in [-0.25, -0.2) is 14.8 Å². The lowest BCUT2D eigenvalue weighted by Crippen LogP contribution is -2.50. The predicted octanol–water partition coefficient (Wildman–Crippen LogP) is 1.41. The predicted molar refractivity (Wildman–Crippen MR) is 142 cm³/mol. The molecule has 2 aliphatic heterocycles. The molecule has 3 heterocycles. The summed E-state index contributed by atoms with van der Waals surface area (Å²) in [5.41, 5.74) is 7.28. The summed E-state index contributed by atoms with van der Waals surface area (Å²) in [6.45, 7) is 7.94. The number of piperazine rings is 1. The molecule has 1 aromatic heterocycles. The highest BCUT2D eigenvalue weighted by atomic mass is 16.6. The Bertz CT molecular complexity index is 1110. The Hall–Kier alpha value is -4.13. The van der Waals surface area contributed by atoms with Crippen molar-refractivity contribution in [3.05, 3.63) is 36.2 Å². The number of nitrogens with zero attached hydrogens (tertiary/aromatic N) is 6. The topological polar surface area (TPSA) is 148 Å². The number of amides is 3. The first-order valence-electron chi connectivity index (χ1n) is 12.6. The first-order valence-corrected chi connectivity index (χ1v) is 12.6. The van der Waals surface area contributed by atoms with Crippen molar-refractivity contribution in [3.63, 3.8) is 0 Å². The number of hydrogen-bond donors (Lipinski definition) is 2. The Labute approximate surface area is 221 Å². The molecule has 1 aromatic carbocycles. The number of rotatable bonds is 8. The smallest absolute Gasteiger partial charge is 0.321 e. The van der Waals surface area contributed by atoms with E-state index >= 15 is 0 Å². The van der Waals surface area contributed by atoms with E-state index in [0.29, 0.717) is 69.6 Å². The first-order chi connectivity index (χ1) is 18.4. The molecule has 2 aromatic rings. The minimum Gasteiger partial charge on any atom is -0.491 e. The van der Waals surface area contributed by atoms with Crippen molar-refractivity contribution < 1.29 is 23.9 Å². The van der Waals surface area contributed by atoms with E-state index in [0.717, 1.165) is 5.75 Å². The zero-order chi connectivity index (χ0) is 26.9. The standard InChI is InChI=1S/C25H34N8O5/c1-18(2)38-20-5-3-19(4-6-20)30-25(35)33-9-7-32(8-10-33)24-21(23(26)27-17-28-24)15-29-37-16-22(34)31-11-13-36-14-12-31/h3-6,15,17-18H,7-14,16H2,1-2H3,(H,30,35)(H2,26,27,28). The highest BCUT2D eigenvalue weighted by Gasteiger charge is 2.24. The van der Waals surface area contributed by atoms with E-state index in [1.807, 2.05) is 43.0 Å².